The highest BCUT2D eigenvalue weighted by molar-refractivity contribution is 8.22. The Morgan fingerprint density at radius 3 is 3.00 bits per heavy atom. The van der Waals surface area contributed by atoms with Crippen LogP contribution in [-0.4, -0.2) is 16.7 Å². The quantitative estimate of drug-likeness (QED) is 0.885. The molecule has 0 amide bonds. The number of hydrogen-bond acceptors (Lipinski definition) is 4. The van der Waals surface area contributed by atoms with E-state index in [1.165, 1.54) is 11.3 Å². The molecule has 1 rings (SSSR count). The van der Waals surface area contributed by atoms with E-state index in [-0.39, 0.29) is 6.61 Å². The molecule has 1 aromatic heterocycles. The highest BCUT2D eigenvalue weighted by atomic mass is 35.7. The summed E-state index contributed by atoms with van der Waals surface area (Å²) >= 11 is 1.49. The second-order valence-corrected chi connectivity index (χ2v) is 4.95. The molecule has 0 saturated heterocycles. The molecule has 0 saturated carbocycles. The van der Waals surface area contributed by atoms with E-state index < -0.39 is 0 Å². The van der Waals surface area contributed by atoms with Crippen LogP contribution in [0.4, 0.5) is 0 Å². The summed E-state index contributed by atoms with van der Waals surface area (Å²) in [7, 11) is 6.69. The second kappa shape index (κ2) is 5.56. The van der Waals surface area contributed by atoms with E-state index in [1.807, 2.05) is 13.0 Å². The van der Waals surface area contributed by atoms with Crippen LogP contribution in [-0.2, 0) is 0 Å². The van der Waals surface area contributed by atoms with Gasteiger partial charge in [0, 0.05) is 11.0 Å². The summed E-state index contributed by atoms with van der Waals surface area (Å²) in [5.74, 6) is 0. The molecule has 0 unspecified atom stereocenters. The van der Waals surface area contributed by atoms with Gasteiger partial charge >= 0.3 is 0 Å². The third-order valence-electron chi connectivity index (χ3n) is 1.55. The van der Waals surface area contributed by atoms with Crippen LogP contribution in [0.1, 0.15) is 17.5 Å². The first-order valence-corrected chi connectivity index (χ1v) is 6.37. The summed E-state index contributed by atoms with van der Waals surface area (Å²) in [5.41, 5.74) is 1.68. The van der Waals surface area contributed by atoms with E-state index in [1.54, 1.807) is 6.08 Å². The predicted molar refractivity (Wildman–Crippen MR) is 64.7 cm³/mol. The lowest BCUT2D eigenvalue weighted by atomic mass is 10.2. The summed E-state index contributed by atoms with van der Waals surface area (Å²) in [4.78, 5) is 5.25. The molecule has 0 atom stereocenters. The lowest BCUT2D eigenvalue weighted by molar-refractivity contribution is 0.332. The molecule has 0 aliphatic carbocycles. The number of thiazole rings is 1. The Morgan fingerprint density at radius 2 is 2.50 bits per heavy atom. The van der Waals surface area contributed by atoms with Crippen molar-refractivity contribution in [3.63, 3.8) is 0 Å². The Morgan fingerprint density at radius 1 is 1.79 bits per heavy atom. The van der Waals surface area contributed by atoms with E-state index in [9.17, 15) is 0 Å². The summed E-state index contributed by atoms with van der Waals surface area (Å²) in [5, 5.41) is 8.87. The number of aliphatic hydroxyl groups excluding tert-OH is 1. The number of hydrogen-bond donors (Lipinski definition) is 1. The fraction of sp³-hybridized carbons (Fsp3) is 0.222. The molecule has 76 valence electrons. The second-order valence-electron chi connectivity index (χ2n) is 2.66. The number of nitrogens with zero attached hydrogens (tertiary/aromatic N) is 1. The largest absolute Gasteiger partial charge is 0.392 e. The van der Waals surface area contributed by atoms with E-state index >= 15 is 0 Å². The Kier molecular flexibility index (Phi) is 4.68. The molecular formula is C9H10ClNOS2. The first kappa shape index (κ1) is 11.8. The van der Waals surface area contributed by atoms with Crippen molar-refractivity contribution in [2.75, 3.05) is 6.61 Å². The molecule has 0 aliphatic rings. The van der Waals surface area contributed by atoms with Crippen molar-refractivity contribution in [1.29, 1.82) is 0 Å². The standard InChI is InChI=1S/C9H10ClNOS2/c1-3-8-7(4-6(2)5-12)11-9(13-8)14-10/h3-4,12H,1,5H2,2H3/b6-4+. The molecule has 0 spiro atoms. The molecule has 0 aliphatic heterocycles. The fourth-order valence-electron chi connectivity index (χ4n) is 0.884. The number of aromatic nitrogens is 1. The Hall–Kier alpha value is -0.290. The lowest BCUT2D eigenvalue weighted by Gasteiger charge is -1.93. The fourth-order valence-corrected chi connectivity index (χ4v) is 2.42. The van der Waals surface area contributed by atoms with Gasteiger partial charge in [0.25, 0.3) is 0 Å². The molecule has 0 fully saturated rings. The number of halogens is 1. The van der Waals surface area contributed by atoms with Gasteiger partial charge in [0.15, 0.2) is 4.34 Å². The molecule has 1 N–H and O–H groups in total. The highest BCUT2D eigenvalue weighted by Crippen LogP contribution is 2.31. The minimum atomic E-state index is 0.0391. The zero-order valence-electron chi connectivity index (χ0n) is 7.66. The van der Waals surface area contributed by atoms with Gasteiger partial charge in [0.05, 0.1) is 17.2 Å². The van der Waals surface area contributed by atoms with Gasteiger partial charge in [0.1, 0.15) is 0 Å². The summed E-state index contributed by atoms with van der Waals surface area (Å²) in [6, 6.07) is 0. The van der Waals surface area contributed by atoms with Gasteiger partial charge in [-0.1, -0.05) is 6.58 Å². The summed E-state index contributed by atoms with van der Waals surface area (Å²) < 4.78 is 0.790. The molecule has 14 heavy (non-hydrogen) atoms. The average molecular weight is 248 g/mol. The maximum Gasteiger partial charge on any atom is 0.166 e. The first-order valence-electron chi connectivity index (χ1n) is 3.91. The molecule has 0 aromatic carbocycles. The molecular weight excluding hydrogens is 238 g/mol. The van der Waals surface area contributed by atoms with Gasteiger partial charge in [-0.2, -0.15) is 0 Å². The molecule has 1 aromatic rings. The van der Waals surface area contributed by atoms with Gasteiger partial charge in [0.2, 0.25) is 0 Å². The predicted octanol–water partition coefficient (Wildman–Crippen LogP) is 3.43. The van der Waals surface area contributed by atoms with Crippen molar-refractivity contribution in [3.05, 3.63) is 22.7 Å². The molecule has 2 nitrogen and oxygen atoms in total. The van der Waals surface area contributed by atoms with Crippen molar-refractivity contribution < 1.29 is 5.11 Å². The Balaban J connectivity index is 3.06. The smallest absolute Gasteiger partial charge is 0.166 e. The van der Waals surface area contributed by atoms with Crippen LogP contribution in [0.2, 0.25) is 0 Å². The molecule has 1 heterocycles. The minimum absolute atomic E-state index is 0.0391. The van der Waals surface area contributed by atoms with Crippen LogP contribution in [0.5, 0.6) is 0 Å². The van der Waals surface area contributed by atoms with Gasteiger partial charge in [-0.3, -0.25) is 0 Å². The van der Waals surface area contributed by atoms with Crippen molar-refractivity contribution in [2.45, 2.75) is 11.3 Å². The van der Waals surface area contributed by atoms with E-state index in [0.29, 0.717) is 0 Å². The molecule has 0 radical (unpaired) electrons. The van der Waals surface area contributed by atoms with Crippen molar-refractivity contribution in [1.82, 2.24) is 4.98 Å². The number of rotatable bonds is 4. The lowest BCUT2D eigenvalue weighted by Crippen LogP contribution is -1.85. The van der Waals surface area contributed by atoms with Gasteiger partial charge in [-0.15, -0.1) is 11.3 Å². The maximum absolute atomic E-state index is 8.87. The normalized spacial score (nSPS) is 11.8. The maximum atomic E-state index is 8.87. The SMILES string of the molecule is C=Cc1sc(SCl)nc1/C=C(\C)CO. The van der Waals surface area contributed by atoms with E-state index in [4.69, 9.17) is 15.8 Å². The van der Waals surface area contributed by atoms with Crippen molar-refractivity contribution in [2.24, 2.45) is 0 Å². The highest BCUT2D eigenvalue weighted by Gasteiger charge is 2.06. The third-order valence-corrected chi connectivity index (χ3v) is 3.84. The summed E-state index contributed by atoms with van der Waals surface area (Å²) in [6.45, 7) is 5.58. The van der Waals surface area contributed by atoms with Crippen LogP contribution in [0.15, 0.2) is 16.5 Å². The van der Waals surface area contributed by atoms with Crippen LogP contribution >= 0.6 is 33.0 Å². The monoisotopic (exact) mass is 247 g/mol. The van der Waals surface area contributed by atoms with Crippen LogP contribution < -0.4 is 0 Å². The molecule has 0 bridgehead atoms. The zero-order chi connectivity index (χ0) is 10.6. The minimum Gasteiger partial charge on any atom is -0.392 e. The Bertz CT molecular complexity index is 360. The summed E-state index contributed by atoms with van der Waals surface area (Å²) in [6.07, 6.45) is 3.58. The van der Waals surface area contributed by atoms with Gasteiger partial charge in [-0.25, -0.2) is 4.98 Å². The van der Waals surface area contributed by atoms with Gasteiger partial charge < -0.3 is 5.11 Å². The van der Waals surface area contributed by atoms with Crippen molar-refractivity contribution in [3.8, 4) is 0 Å². The zero-order valence-corrected chi connectivity index (χ0v) is 10.0. The van der Waals surface area contributed by atoms with E-state index in [2.05, 4.69) is 11.6 Å². The topological polar surface area (TPSA) is 33.1 Å². The average Bonchev–Trinajstić information content (AvgIpc) is 2.60. The van der Waals surface area contributed by atoms with Crippen molar-refractivity contribution >= 4 is 45.1 Å². The van der Waals surface area contributed by atoms with Gasteiger partial charge in [-0.05, 0) is 35.3 Å². The number of aliphatic hydroxyl groups is 1. The van der Waals surface area contributed by atoms with Crippen LogP contribution in [0.3, 0.4) is 0 Å². The third kappa shape index (κ3) is 2.85. The van der Waals surface area contributed by atoms with Crippen LogP contribution in [0, 0.1) is 0 Å². The van der Waals surface area contributed by atoms with Crippen LogP contribution in [0.25, 0.3) is 12.2 Å². The Labute approximate surface area is 95.8 Å². The first-order chi connectivity index (χ1) is 6.71. The molecule has 5 heteroatoms. The van der Waals surface area contributed by atoms with E-state index in [0.717, 1.165) is 31.5 Å².